The molecule has 3 amide bonds. The summed E-state index contributed by atoms with van der Waals surface area (Å²) in [5.41, 5.74) is 0.877. The Morgan fingerprint density at radius 1 is 1.17 bits per heavy atom. The predicted molar refractivity (Wildman–Crippen MR) is 103 cm³/mol. The number of azo groups is 2. The topological polar surface area (TPSA) is 94.3 Å². The number of anilines is 1. The number of ether oxygens (including phenoxy) is 1. The number of hydrogen-bond acceptors (Lipinski definition) is 6. The van der Waals surface area contributed by atoms with Gasteiger partial charge < -0.3 is 15.0 Å². The molecule has 1 aliphatic carbocycles. The van der Waals surface area contributed by atoms with Crippen molar-refractivity contribution in [3.63, 3.8) is 0 Å². The molecule has 2 heterocycles. The summed E-state index contributed by atoms with van der Waals surface area (Å²) in [7, 11) is 0. The van der Waals surface area contributed by atoms with Gasteiger partial charge in [-0.05, 0) is 48.7 Å². The van der Waals surface area contributed by atoms with Crippen LogP contribution < -0.4 is 15.0 Å². The fraction of sp³-hybridized carbons (Fsp3) is 0.550. The summed E-state index contributed by atoms with van der Waals surface area (Å²) in [6, 6.07) is 7.69. The van der Waals surface area contributed by atoms with Gasteiger partial charge in [0.15, 0.2) is 0 Å². The zero-order valence-electron chi connectivity index (χ0n) is 16.5. The molecule has 2 aliphatic heterocycles. The fourth-order valence-corrected chi connectivity index (χ4v) is 4.11. The van der Waals surface area contributed by atoms with Gasteiger partial charge in [-0.1, -0.05) is 12.8 Å². The van der Waals surface area contributed by atoms with Crippen molar-refractivity contribution in [2.24, 2.45) is 5.11 Å². The third-order valence-corrected chi connectivity index (χ3v) is 5.55. The fourth-order valence-electron chi connectivity index (χ4n) is 4.11. The molecule has 9 heteroatoms. The van der Waals surface area contributed by atoms with E-state index in [1.807, 2.05) is 36.1 Å². The zero-order chi connectivity index (χ0) is 20.4. The van der Waals surface area contributed by atoms with Crippen molar-refractivity contribution in [2.45, 2.75) is 44.9 Å². The van der Waals surface area contributed by atoms with E-state index in [0.717, 1.165) is 41.8 Å². The van der Waals surface area contributed by atoms with Crippen LogP contribution in [0.2, 0.25) is 0 Å². The van der Waals surface area contributed by atoms with Crippen LogP contribution in [-0.4, -0.2) is 65.9 Å². The van der Waals surface area contributed by atoms with Gasteiger partial charge in [0.1, 0.15) is 5.75 Å². The lowest BCUT2D eigenvalue weighted by Crippen LogP contribution is -2.53. The Labute approximate surface area is 169 Å². The van der Waals surface area contributed by atoms with Gasteiger partial charge >= 0.3 is 11.8 Å². The van der Waals surface area contributed by atoms with Crippen LogP contribution >= 0.6 is 0 Å². The second-order valence-corrected chi connectivity index (χ2v) is 7.49. The van der Waals surface area contributed by atoms with Gasteiger partial charge in [0.25, 0.3) is 18.7 Å². The molecule has 9 nitrogen and oxygen atoms in total. The SMILES string of the molecule is CCOc1ccc(N2CCN3C(=O)C(=O)[N+](CC(=O)NC4CCCC4)=NC32)cc1. The maximum atomic E-state index is 12.6. The normalized spacial score (nSPS) is 22.0. The van der Waals surface area contributed by atoms with E-state index < -0.39 is 18.1 Å². The molecular weight excluding hydrogens is 374 g/mol. The number of benzene rings is 1. The van der Waals surface area contributed by atoms with E-state index in [1.165, 1.54) is 4.90 Å². The highest BCUT2D eigenvalue weighted by Crippen LogP contribution is 2.28. The first-order chi connectivity index (χ1) is 14.1. The number of fused-ring (bicyclic) bond motifs is 1. The van der Waals surface area contributed by atoms with E-state index in [1.54, 1.807) is 0 Å². The summed E-state index contributed by atoms with van der Waals surface area (Å²) in [5, 5.41) is 7.37. The highest BCUT2D eigenvalue weighted by atomic mass is 16.5. The quantitative estimate of drug-likeness (QED) is 0.570. The molecule has 0 radical (unpaired) electrons. The van der Waals surface area contributed by atoms with E-state index in [2.05, 4.69) is 10.4 Å². The lowest BCUT2D eigenvalue weighted by molar-refractivity contribution is -0.509. The second-order valence-electron chi connectivity index (χ2n) is 7.49. The highest BCUT2D eigenvalue weighted by molar-refractivity contribution is 6.31. The molecule has 0 aromatic heterocycles. The molecule has 1 aromatic rings. The van der Waals surface area contributed by atoms with Crippen LogP contribution in [-0.2, 0) is 14.4 Å². The third-order valence-electron chi connectivity index (χ3n) is 5.55. The first-order valence-electron chi connectivity index (χ1n) is 10.2. The van der Waals surface area contributed by atoms with Crippen molar-refractivity contribution in [3.05, 3.63) is 24.3 Å². The molecule has 1 unspecified atom stereocenters. The minimum Gasteiger partial charge on any atom is -0.494 e. The molecule has 1 N–H and O–H groups in total. The van der Waals surface area contributed by atoms with Crippen LogP contribution in [0.5, 0.6) is 5.75 Å². The number of carbonyl (C=O) groups is 3. The standard InChI is InChI=1S/C20H25N5O4/c1-2-29-16-9-7-15(8-10-16)23-11-12-24-18(27)19(28)25(22-20(23)24)13-17(26)21-14-5-3-4-6-14/h7-10,14,20H,2-6,11-13H2,1H3/p+1. The van der Waals surface area contributed by atoms with Gasteiger partial charge in [0, 0.05) is 29.9 Å². The number of hydrogen-bond donors (Lipinski definition) is 1. The molecule has 1 saturated carbocycles. The molecule has 1 aromatic carbocycles. The van der Waals surface area contributed by atoms with Crippen molar-refractivity contribution in [1.29, 1.82) is 0 Å². The summed E-state index contributed by atoms with van der Waals surface area (Å²) in [4.78, 5) is 40.7. The van der Waals surface area contributed by atoms with E-state index in [-0.39, 0.29) is 18.5 Å². The number of carbonyl (C=O) groups excluding carboxylic acids is 3. The average molecular weight is 400 g/mol. The van der Waals surface area contributed by atoms with E-state index in [0.29, 0.717) is 19.7 Å². The molecule has 3 aliphatic rings. The predicted octanol–water partition coefficient (Wildman–Crippen LogP) is 1.08. The first kappa shape index (κ1) is 19.4. The van der Waals surface area contributed by atoms with Crippen LogP contribution in [0.1, 0.15) is 32.6 Å². The number of amides is 3. The third kappa shape index (κ3) is 3.94. The summed E-state index contributed by atoms with van der Waals surface area (Å²) in [5.74, 6) is -0.881. The maximum Gasteiger partial charge on any atom is 0.502 e. The highest BCUT2D eigenvalue weighted by Gasteiger charge is 2.49. The van der Waals surface area contributed by atoms with E-state index in [9.17, 15) is 14.4 Å². The van der Waals surface area contributed by atoms with Crippen molar-refractivity contribution in [1.82, 2.24) is 10.2 Å². The molecule has 29 heavy (non-hydrogen) atoms. The van der Waals surface area contributed by atoms with E-state index >= 15 is 0 Å². The van der Waals surface area contributed by atoms with Crippen molar-refractivity contribution in [3.8, 4) is 5.75 Å². The summed E-state index contributed by atoms with van der Waals surface area (Å²) in [6.45, 7) is 3.25. The van der Waals surface area contributed by atoms with Crippen LogP contribution in [0.15, 0.2) is 29.4 Å². The van der Waals surface area contributed by atoms with Gasteiger partial charge in [-0.25, -0.2) is 4.79 Å². The molecule has 0 bridgehead atoms. The van der Waals surface area contributed by atoms with Gasteiger partial charge in [-0.15, -0.1) is 0 Å². The first-order valence-corrected chi connectivity index (χ1v) is 10.2. The molecule has 0 spiro atoms. The Morgan fingerprint density at radius 2 is 1.86 bits per heavy atom. The minimum atomic E-state index is -0.753. The van der Waals surface area contributed by atoms with E-state index in [4.69, 9.17) is 4.74 Å². The monoisotopic (exact) mass is 400 g/mol. The lowest BCUT2D eigenvalue weighted by atomic mass is 10.2. The van der Waals surface area contributed by atoms with Gasteiger partial charge in [0.2, 0.25) is 0 Å². The van der Waals surface area contributed by atoms with Gasteiger partial charge in [0.05, 0.1) is 6.61 Å². The van der Waals surface area contributed by atoms with Crippen LogP contribution in [0, 0.1) is 0 Å². The Balaban J connectivity index is 1.51. The lowest BCUT2D eigenvalue weighted by Gasteiger charge is -2.27. The molecule has 1 atom stereocenters. The van der Waals surface area contributed by atoms with Crippen molar-refractivity contribution in [2.75, 3.05) is 31.1 Å². The van der Waals surface area contributed by atoms with Gasteiger partial charge in [-0.3, -0.25) is 14.5 Å². The minimum absolute atomic E-state index is 0.154. The average Bonchev–Trinajstić information content (AvgIpc) is 3.37. The Kier molecular flexibility index (Phi) is 5.46. The molecular formula is C20H26N5O4+. The Bertz CT molecular complexity index is 832. The van der Waals surface area contributed by atoms with Gasteiger partial charge in [-0.2, -0.15) is 0 Å². The number of nitrogens with one attached hydrogen (secondary N) is 1. The summed E-state index contributed by atoms with van der Waals surface area (Å²) in [6.07, 6.45) is 3.49. The summed E-state index contributed by atoms with van der Waals surface area (Å²) < 4.78 is 6.49. The van der Waals surface area contributed by atoms with Crippen LogP contribution in [0.3, 0.4) is 0 Å². The van der Waals surface area contributed by atoms with Crippen molar-refractivity contribution >= 4 is 23.4 Å². The Hall–Kier alpha value is -2.97. The number of nitrogens with zero attached hydrogens (tertiary/aromatic N) is 4. The number of rotatable bonds is 6. The summed E-state index contributed by atoms with van der Waals surface area (Å²) >= 11 is 0. The Morgan fingerprint density at radius 3 is 2.55 bits per heavy atom. The zero-order valence-corrected chi connectivity index (χ0v) is 16.5. The van der Waals surface area contributed by atoms with Crippen molar-refractivity contribution < 1.29 is 23.8 Å². The second kappa shape index (κ2) is 8.18. The van der Waals surface area contributed by atoms with Crippen LogP contribution in [0.4, 0.5) is 5.69 Å². The largest absolute Gasteiger partial charge is 0.502 e. The smallest absolute Gasteiger partial charge is 0.494 e. The molecule has 1 saturated heterocycles. The molecule has 4 rings (SSSR count). The maximum absolute atomic E-state index is 12.6. The molecule has 154 valence electrons. The van der Waals surface area contributed by atoms with Crippen LogP contribution in [0.25, 0.3) is 0 Å². The molecule has 2 fully saturated rings.